The molecule has 0 bridgehead atoms. The summed E-state index contributed by atoms with van der Waals surface area (Å²) in [5.74, 6) is 0.680. The fraction of sp³-hybridized carbons (Fsp3) is 0.333. The molecule has 0 unspecified atom stereocenters. The molecule has 1 saturated heterocycles. The van der Waals surface area contributed by atoms with Crippen molar-refractivity contribution in [1.29, 1.82) is 0 Å². The Morgan fingerprint density at radius 3 is 3.04 bits per heavy atom. The van der Waals surface area contributed by atoms with Crippen molar-refractivity contribution in [3.05, 3.63) is 64.7 Å². The van der Waals surface area contributed by atoms with E-state index in [1.807, 2.05) is 23.7 Å². The zero-order valence-corrected chi connectivity index (χ0v) is 14.8. The van der Waals surface area contributed by atoms with E-state index in [0.717, 1.165) is 41.6 Å². The van der Waals surface area contributed by atoms with Crippen molar-refractivity contribution in [2.24, 2.45) is 0 Å². The highest BCUT2D eigenvalue weighted by molar-refractivity contribution is 7.16. The number of aromatic nitrogens is 1. The monoisotopic (exact) mass is 348 g/mol. The fourth-order valence-corrected chi connectivity index (χ4v) is 5.33. The van der Waals surface area contributed by atoms with Gasteiger partial charge in [-0.25, -0.2) is 4.98 Å². The topological polar surface area (TPSA) is 33.2 Å². The summed E-state index contributed by atoms with van der Waals surface area (Å²) in [5.41, 5.74) is 6.56. The van der Waals surface area contributed by atoms with Gasteiger partial charge < -0.3 is 4.90 Å². The van der Waals surface area contributed by atoms with Gasteiger partial charge in [0.25, 0.3) is 5.91 Å². The van der Waals surface area contributed by atoms with Crippen molar-refractivity contribution in [3.8, 4) is 0 Å². The van der Waals surface area contributed by atoms with E-state index in [1.165, 1.54) is 17.5 Å². The predicted molar refractivity (Wildman–Crippen MR) is 101 cm³/mol. The molecule has 3 nitrogen and oxygen atoms in total. The Morgan fingerprint density at radius 1 is 1.16 bits per heavy atom. The molecule has 2 atom stereocenters. The zero-order chi connectivity index (χ0) is 16.8. The van der Waals surface area contributed by atoms with Crippen molar-refractivity contribution in [2.45, 2.75) is 37.6 Å². The maximum absolute atomic E-state index is 13.2. The second kappa shape index (κ2) is 5.95. The van der Waals surface area contributed by atoms with Crippen LogP contribution in [0.25, 0.3) is 10.2 Å². The van der Waals surface area contributed by atoms with Crippen LogP contribution < -0.4 is 0 Å². The lowest BCUT2D eigenvalue weighted by Crippen LogP contribution is -2.49. The number of piperidine rings is 1. The van der Waals surface area contributed by atoms with Crippen molar-refractivity contribution in [3.63, 3.8) is 0 Å². The molecule has 25 heavy (non-hydrogen) atoms. The first-order valence-corrected chi connectivity index (χ1v) is 9.91. The lowest BCUT2D eigenvalue weighted by Gasteiger charge is -2.45. The van der Waals surface area contributed by atoms with Gasteiger partial charge in [-0.05, 0) is 55.0 Å². The molecule has 2 aromatic carbocycles. The van der Waals surface area contributed by atoms with Gasteiger partial charge in [0.2, 0.25) is 0 Å². The molecule has 1 fully saturated rings. The number of aryl methyl sites for hydroxylation is 1. The maximum atomic E-state index is 13.2. The van der Waals surface area contributed by atoms with Crippen LogP contribution in [-0.4, -0.2) is 28.4 Å². The maximum Gasteiger partial charge on any atom is 0.254 e. The summed E-state index contributed by atoms with van der Waals surface area (Å²) in [7, 11) is 0. The summed E-state index contributed by atoms with van der Waals surface area (Å²) >= 11 is 1.60. The smallest absolute Gasteiger partial charge is 0.254 e. The highest BCUT2D eigenvalue weighted by Gasteiger charge is 2.38. The first-order chi connectivity index (χ1) is 12.3. The van der Waals surface area contributed by atoms with E-state index >= 15 is 0 Å². The van der Waals surface area contributed by atoms with Crippen LogP contribution in [0, 0.1) is 0 Å². The number of thiazole rings is 1. The van der Waals surface area contributed by atoms with E-state index in [9.17, 15) is 4.79 Å². The lowest BCUT2D eigenvalue weighted by molar-refractivity contribution is 0.0547. The quantitative estimate of drug-likeness (QED) is 0.642. The molecule has 4 heteroatoms. The van der Waals surface area contributed by atoms with E-state index < -0.39 is 0 Å². The molecule has 0 spiro atoms. The van der Waals surface area contributed by atoms with E-state index in [2.05, 4.69) is 34.1 Å². The Balaban J connectivity index is 1.48. The molecule has 2 aliphatic rings. The molecule has 1 aliphatic carbocycles. The van der Waals surface area contributed by atoms with Crippen LogP contribution in [0.4, 0.5) is 0 Å². The third-order valence-corrected chi connectivity index (χ3v) is 6.57. The normalized spacial score (nSPS) is 22.5. The second-order valence-corrected chi connectivity index (χ2v) is 7.97. The second-order valence-electron chi connectivity index (χ2n) is 7.09. The Hall–Kier alpha value is -2.20. The zero-order valence-electron chi connectivity index (χ0n) is 14.0. The summed E-state index contributed by atoms with van der Waals surface area (Å²) in [4.78, 5) is 19.7. The summed E-state index contributed by atoms with van der Waals surface area (Å²) in [6, 6.07) is 15.0. The molecule has 0 saturated carbocycles. The third-order valence-electron chi connectivity index (χ3n) is 5.78. The van der Waals surface area contributed by atoms with Gasteiger partial charge in [-0.3, -0.25) is 4.79 Å². The number of nitrogens with zero attached hydrogens (tertiary/aromatic N) is 2. The van der Waals surface area contributed by atoms with Gasteiger partial charge >= 0.3 is 0 Å². The van der Waals surface area contributed by atoms with Crippen LogP contribution in [-0.2, 0) is 6.42 Å². The minimum absolute atomic E-state index is 0.185. The SMILES string of the molecule is O=C(c1ccc2ncsc2c1)N1CCC[C@H]2c3ccccc3CC[C@H]21. The average molecular weight is 348 g/mol. The third kappa shape index (κ3) is 2.47. The predicted octanol–water partition coefficient (Wildman–Crippen LogP) is 4.63. The Labute approximate surface area is 151 Å². The molecular formula is C21H20N2OS. The van der Waals surface area contributed by atoms with Gasteiger partial charge in [0, 0.05) is 24.1 Å². The van der Waals surface area contributed by atoms with Crippen LogP contribution in [0.1, 0.15) is 46.7 Å². The summed E-state index contributed by atoms with van der Waals surface area (Å²) in [6.45, 7) is 0.878. The number of fused-ring (bicyclic) bond motifs is 4. The number of likely N-dealkylation sites (tertiary alicyclic amines) is 1. The van der Waals surface area contributed by atoms with E-state index in [0.29, 0.717) is 12.0 Å². The van der Waals surface area contributed by atoms with Crippen LogP contribution in [0.3, 0.4) is 0 Å². The number of hydrogen-bond acceptors (Lipinski definition) is 3. The molecule has 126 valence electrons. The van der Waals surface area contributed by atoms with Gasteiger partial charge in [0.15, 0.2) is 0 Å². The standard InChI is InChI=1S/C21H20N2OS/c24-21(15-7-9-18-20(12-15)25-13-22-18)23-11-3-6-17-16-5-2-1-4-14(16)8-10-19(17)23/h1-2,4-5,7,9,12-13,17,19H,3,6,8,10-11H2/t17-,19+/m0/s1. The van der Waals surface area contributed by atoms with Crippen LogP contribution in [0.15, 0.2) is 48.0 Å². The van der Waals surface area contributed by atoms with Gasteiger partial charge in [-0.1, -0.05) is 24.3 Å². The molecule has 1 aromatic heterocycles. The van der Waals surface area contributed by atoms with Crippen LogP contribution in [0.2, 0.25) is 0 Å². The molecule has 0 radical (unpaired) electrons. The van der Waals surface area contributed by atoms with E-state index in [-0.39, 0.29) is 5.91 Å². The minimum Gasteiger partial charge on any atom is -0.335 e. The number of benzene rings is 2. The first kappa shape index (κ1) is 15.1. The minimum atomic E-state index is 0.185. The molecule has 2 heterocycles. The van der Waals surface area contributed by atoms with Gasteiger partial charge in [0.05, 0.1) is 15.7 Å². The van der Waals surface area contributed by atoms with Crippen molar-refractivity contribution in [1.82, 2.24) is 9.88 Å². The lowest BCUT2D eigenvalue weighted by atomic mass is 9.74. The van der Waals surface area contributed by atoms with Gasteiger partial charge in [-0.2, -0.15) is 0 Å². The largest absolute Gasteiger partial charge is 0.335 e. The summed E-state index contributed by atoms with van der Waals surface area (Å²) in [6.07, 6.45) is 4.44. The van der Waals surface area contributed by atoms with Crippen molar-refractivity contribution < 1.29 is 4.79 Å². The van der Waals surface area contributed by atoms with E-state index in [4.69, 9.17) is 0 Å². The Bertz CT molecular complexity index is 948. The van der Waals surface area contributed by atoms with Gasteiger partial charge in [-0.15, -0.1) is 11.3 Å². The highest BCUT2D eigenvalue weighted by atomic mass is 32.1. The number of hydrogen-bond donors (Lipinski definition) is 0. The molecule has 1 aliphatic heterocycles. The number of amides is 1. The Kier molecular flexibility index (Phi) is 3.59. The van der Waals surface area contributed by atoms with Crippen LogP contribution in [0.5, 0.6) is 0 Å². The summed E-state index contributed by atoms with van der Waals surface area (Å²) in [5, 5.41) is 0. The molecule has 3 aromatic rings. The van der Waals surface area contributed by atoms with Crippen molar-refractivity contribution in [2.75, 3.05) is 6.54 Å². The fourth-order valence-electron chi connectivity index (χ4n) is 4.61. The average Bonchev–Trinajstić information content (AvgIpc) is 3.14. The molecular weight excluding hydrogens is 328 g/mol. The first-order valence-electron chi connectivity index (χ1n) is 9.03. The summed E-state index contributed by atoms with van der Waals surface area (Å²) < 4.78 is 1.09. The Morgan fingerprint density at radius 2 is 2.08 bits per heavy atom. The van der Waals surface area contributed by atoms with Crippen molar-refractivity contribution >= 4 is 27.5 Å². The number of carbonyl (C=O) groups is 1. The number of carbonyl (C=O) groups excluding carboxylic acids is 1. The van der Waals surface area contributed by atoms with E-state index in [1.54, 1.807) is 11.3 Å². The highest BCUT2D eigenvalue weighted by Crippen LogP contribution is 2.41. The molecule has 5 rings (SSSR count). The molecule has 1 amide bonds. The molecule has 0 N–H and O–H groups in total. The van der Waals surface area contributed by atoms with Gasteiger partial charge in [0.1, 0.15) is 0 Å². The van der Waals surface area contributed by atoms with Crippen LogP contribution >= 0.6 is 11.3 Å². The number of rotatable bonds is 1.